The number of fused-ring (bicyclic) bond motifs is 1. The molecule has 3 aromatic rings. The summed E-state index contributed by atoms with van der Waals surface area (Å²) in [5, 5.41) is 19.4. The lowest BCUT2D eigenvalue weighted by Crippen LogP contribution is -2.38. The minimum atomic E-state index is -1.13. The molecule has 1 aliphatic carbocycles. The van der Waals surface area contributed by atoms with Crippen LogP contribution in [0.15, 0.2) is 36.7 Å². The van der Waals surface area contributed by atoms with E-state index in [-0.39, 0.29) is 23.4 Å². The Morgan fingerprint density at radius 3 is 2.75 bits per heavy atom. The number of carbonyl (C=O) groups is 2. The van der Waals surface area contributed by atoms with E-state index in [1.54, 1.807) is 18.3 Å². The van der Waals surface area contributed by atoms with Crippen molar-refractivity contribution in [1.29, 1.82) is 0 Å². The summed E-state index contributed by atoms with van der Waals surface area (Å²) in [6.07, 6.45) is 4.32. The zero-order valence-corrected chi connectivity index (χ0v) is 20.6. The highest BCUT2D eigenvalue weighted by atomic mass is 19.1. The van der Waals surface area contributed by atoms with Crippen molar-refractivity contribution in [2.45, 2.75) is 70.7 Å². The van der Waals surface area contributed by atoms with Crippen LogP contribution in [0, 0.1) is 5.82 Å². The maximum atomic E-state index is 14.2. The summed E-state index contributed by atoms with van der Waals surface area (Å²) in [7, 11) is 0. The van der Waals surface area contributed by atoms with Crippen molar-refractivity contribution in [2.24, 2.45) is 0 Å². The van der Waals surface area contributed by atoms with Crippen LogP contribution in [-0.2, 0) is 4.74 Å². The van der Waals surface area contributed by atoms with Crippen LogP contribution in [0.1, 0.15) is 68.9 Å². The molecule has 3 atom stereocenters. The Morgan fingerprint density at radius 1 is 1.25 bits per heavy atom. The second kappa shape index (κ2) is 10.00. The molecule has 36 heavy (non-hydrogen) atoms. The van der Waals surface area contributed by atoms with Gasteiger partial charge in [0.05, 0.1) is 12.2 Å². The molecular weight excluding hydrogens is 469 g/mol. The van der Waals surface area contributed by atoms with Gasteiger partial charge >= 0.3 is 12.1 Å². The van der Waals surface area contributed by atoms with Crippen molar-refractivity contribution in [2.75, 3.05) is 5.32 Å². The van der Waals surface area contributed by atoms with Crippen LogP contribution in [-0.4, -0.2) is 49.5 Å². The van der Waals surface area contributed by atoms with Gasteiger partial charge < -0.3 is 25.2 Å². The number of carboxylic acids is 1. The predicted molar refractivity (Wildman–Crippen MR) is 130 cm³/mol. The fourth-order valence-electron chi connectivity index (χ4n) is 4.20. The molecule has 1 aliphatic rings. The van der Waals surface area contributed by atoms with Gasteiger partial charge in [0, 0.05) is 24.2 Å². The van der Waals surface area contributed by atoms with E-state index in [0.717, 1.165) is 12.8 Å². The third-order valence-corrected chi connectivity index (χ3v) is 5.80. The number of ether oxygens (including phenoxy) is 2. The number of rotatable bonds is 7. The summed E-state index contributed by atoms with van der Waals surface area (Å²) in [5.41, 5.74) is 0.200. The smallest absolute Gasteiger partial charge is 0.407 e. The first-order valence-corrected chi connectivity index (χ1v) is 11.8. The quantitative estimate of drug-likeness (QED) is 0.432. The number of anilines is 1. The fraction of sp³-hybridized carbons (Fsp3) is 0.440. The van der Waals surface area contributed by atoms with Crippen molar-refractivity contribution < 1.29 is 28.6 Å². The van der Waals surface area contributed by atoms with Crippen molar-refractivity contribution in [3.8, 4) is 5.75 Å². The number of alkyl carbamates (subject to hydrolysis) is 1. The van der Waals surface area contributed by atoms with Gasteiger partial charge in [-0.25, -0.2) is 23.5 Å². The zero-order valence-electron chi connectivity index (χ0n) is 20.6. The number of hydrogen-bond donors (Lipinski definition) is 3. The Balaban J connectivity index is 1.45. The number of nitrogens with one attached hydrogen (secondary N) is 2. The van der Waals surface area contributed by atoms with Crippen molar-refractivity contribution in [3.05, 3.63) is 53.6 Å². The van der Waals surface area contributed by atoms with Crippen LogP contribution < -0.4 is 15.4 Å². The molecule has 2 heterocycles. The average Bonchev–Trinajstić information content (AvgIpc) is 3.40. The molecule has 0 bridgehead atoms. The maximum absolute atomic E-state index is 14.2. The SMILES string of the molecule is C[C@@H](Nc1ccn2ncc(C(=O)O)c2n1)c1cc(F)ccc1O[C@H]1CC[C@@H](NC(=O)OC(C)(C)C)C1. The van der Waals surface area contributed by atoms with E-state index in [1.807, 2.05) is 27.7 Å². The predicted octanol–water partition coefficient (Wildman–Crippen LogP) is 4.56. The van der Waals surface area contributed by atoms with Gasteiger partial charge in [0.1, 0.15) is 34.7 Å². The lowest BCUT2D eigenvalue weighted by Gasteiger charge is -2.23. The number of amides is 1. The van der Waals surface area contributed by atoms with E-state index >= 15 is 0 Å². The van der Waals surface area contributed by atoms with E-state index in [1.165, 1.54) is 22.8 Å². The Kier molecular flexibility index (Phi) is 7.00. The van der Waals surface area contributed by atoms with E-state index in [0.29, 0.717) is 23.6 Å². The molecule has 4 rings (SSSR count). The molecule has 1 amide bonds. The third-order valence-electron chi connectivity index (χ3n) is 5.80. The number of hydrogen-bond acceptors (Lipinski definition) is 7. The summed E-state index contributed by atoms with van der Waals surface area (Å²) in [6, 6.07) is 5.52. The molecule has 0 unspecified atom stereocenters. The summed E-state index contributed by atoms with van der Waals surface area (Å²) in [4.78, 5) is 27.9. The number of halogens is 1. The standard InChI is InChI=1S/C25H30FN5O5/c1-14(28-21-9-10-31-22(30-21)19(13-27-31)23(32)33)18-11-15(26)5-8-20(18)35-17-7-6-16(12-17)29-24(34)36-25(2,3)4/h5,8-11,13-14,16-17H,6-7,12H2,1-4H3,(H,28,30)(H,29,34)(H,32,33)/t14-,16-,17+/m1/s1. The topological polar surface area (TPSA) is 127 Å². The zero-order chi connectivity index (χ0) is 26.0. The fourth-order valence-corrected chi connectivity index (χ4v) is 4.20. The van der Waals surface area contributed by atoms with Gasteiger partial charge in [-0.2, -0.15) is 5.10 Å². The van der Waals surface area contributed by atoms with E-state index in [9.17, 15) is 19.1 Å². The van der Waals surface area contributed by atoms with Gasteiger partial charge in [0.2, 0.25) is 0 Å². The van der Waals surface area contributed by atoms with Crippen molar-refractivity contribution >= 4 is 23.5 Å². The van der Waals surface area contributed by atoms with Gasteiger partial charge in [-0.05, 0) is 64.8 Å². The average molecular weight is 500 g/mol. The largest absolute Gasteiger partial charge is 0.490 e. The molecule has 192 valence electrons. The molecule has 1 fully saturated rings. The van der Waals surface area contributed by atoms with Crippen molar-refractivity contribution in [3.63, 3.8) is 0 Å². The summed E-state index contributed by atoms with van der Waals surface area (Å²) in [6.45, 7) is 7.27. The molecule has 10 nitrogen and oxygen atoms in total. The van der Waals surface area contributed by atoms with Gasteiger partial charge in [-0.15, -0.1) is 0 Å². The minimum absolute atomic E-state index is 0.0168. The number of aromatic nitrogens is 3. The molecule has 3 N–H and O–H groups in total. The van der Waals surface area contributed by atoms with E-state index in [4.69, 9.17) is 9.47 Å². The van der Waals surface area contributed by atoms with Gasteiger partial charge in [0.25, 0.3) is 0 Å². The van der Waals surface area contributed by atoms with Gasteiger partial charge in [-0.1, -0.05) is 0 Å². The second-order valence-electron chi connectivity index (χ2n) is 9.89. The van der Waals surface area contributed by atoms with Crippen LogP contribution in [0.25, 0.3) is 5.65 Å². The van der Waals surface area contributed by atoms with Crippen LogP contribution in [0.4, 0.5) is 15.0 Å². The number of benzene rings is 1. The van der Waals surface area contributed by atoms with Gasteiger partial charge in [-0.3, -0.25) is 0 Å². The lowest BCUT2D eigenvalue weighted by atomic mass is 10.1. The Bertz CT molecular complexity index is 1270. The molecule has 0 radical (unpaired) electrons. The number of nitrogens with zero attached hydrogens (tertiary/aromatic N) is 3. The third kappa shape index (κ3) is 6.02. The van der Waals surface area contributed by atoms with E-state index in [2.05, 4.69) is 20.7 Å². The first-order valence-electron chi connectivity index (χ1n) is 11.8. The normalized spacial score (nSPS) is 18.6. The molecule has 0 aliphatic heterocycles. The highest BCUT2D eigenvalue weighted by Crippen LogP contribution is 2.32. The number of aromatic carboxylic acids is 1. The molecular formula is C25H30FN5O5. The minimum Gasteiger partial charge on any atom is -0.490 e. The van der Waals surface area contributed by atoms with Crippen LogP contribution in [0.3, 0.4) is 0 Å². The molecule has 1 aromatic carbocycles. The highest BCUT2D eigenvalue weighted by Gasteiger charge is 2.30. The maximum Gasteiger partial charge on any atom is 0.407 e. The molecule has 0 spiro atoms. The van der Waals surface area contributed by atoms with Crippen LogP contribution in [0.2, 0.25) is 0 Å². The summed E-state index contributed by atoms with van der Waals surface area (Å²) >= 11 is 0. The van der Waals surface area contributed by atoms with E-state index < -0.39 is 29.5 Å². The Morgan fingerprint density at radius 2 is 2.03 bits per heavy atom. The number of carboxylic acid groups (broad SMARTS) is 1. The molecule has 0 saturated heterocycles. The number of carbonyl (C=O) groups excluding carboxylic acids is 1. The lowest BCUT2D eigenvalue weighted by molar-refractivity contribution is 0.0502. The Labute approximate surface area is 207 Å². The van der Waals surface area contributed by atoms with Gasteiger partial charge in [0.15, 0.2) is 5.65 Å². The first kappa shape index (κ1) is 25.2. The Hall–Kier alpha value is -3.89. The monoisotopic (exact) mass is 499 g/mol. The van der Waals surface area contributed by atoms with Crippen molar-refractivity contribution in [1.82, 2.24) is 19.9 Å². The summed E-state index contributed by atoms with van der Waals surface area (Å²) < 4.78 is 27.1. The molecule has 11 heteroatoms. The first-order chi connectivity index (χ1) is 17.0. The second-order valence-corrected chi connectivity index (χ2v) is 9.89. The molecule has 2 aromatic heterocycles. The molecule has 1 saturated carbocycles. The highest BCUT2D eigenvalue weighted by molar-refractivity contribution is 5.94. The van der Waals surface area contributed by atoms with Crippen LogP contribution in [0.5, 0.6) is 5.75 Å². The van der Waals surface area contributed by atoms with Crippen LogP contribution >= 0.6 is 0 Å². The summed E-state index contributed by atoms with van der Waals surface area (Å²) in [5.74, 6) is -0.597.